The van der Waals surface area contributed by atoms with E-state index in [0.29, 0.717) is 31.2 Å². The third-order valence-electron chi connectivity index (χ3n) is 4.29. The molecular weight excluding hydrogens is 320 g/mol. The standard InChI is InChI=1S/C18H22N4O3/c1-3-9-21-11-14(4-5-16(21)23)20-18(24)22-10-7-13-6-8-19-17(25-2)15(13)12-22/h4-6,8,11H,3,7,9-10,12H2,1-2H3,(H,20,24). The predicted octanol–water partition coefficient (Wildman–Crippen LogP) is 2.25. The van der Waals surface area contributed by atoms with Gasteiger partial charge in [0.2, 0.25) is 5.88 Å². The van der Waals surface area contributed by atoms with Crippen LogP contribution in [0.2, 0.25) is 0 Å². The highest BCUT2D eigenvalue weighted by Gasteiger charge is 2.24. The van der Waals surface area contributed by atoms with Crippen LogP contribution >= 0.6 is 0 Å². The minimum Gasteiger partial charge on any atom is -0.481 e. The number of hydrogen-bond acceptors (Lipinski definition) is 4. The number of fused-ring (bicyclic) bond motifs is 1. The van der Waals surface area contributed by atoms with Crippen molar-refractivity contribution in [3.8, 4) is 5.88 Å². The molecule has 3 heterocycles. The molecule has 0 radical (unpaired) electrons. The van der Waals surface area contributed by atoms with Crippen molar-refractivity contribution in [3.63, 3.8) is 0 Å². The molecule has 0 saturated heterocycles. The Morgan fingerprint density at radius 3 is 2.96 bits per heavy atom. The maximum Gasteiger partial charge on any atom is 0.322 e. The van der Waals surface area contributed by atoms with Gasteiger partial charge in [-0.05, 0) is 30.5 Å². The SMILES string of the molecule is CCCn1cc(NC(=O)N2CCc3ccnc(OC)c3C2)ccc1=O. The molecular formula is C18H22N4O3. The van der Waals surface area contributed by atoms with Gasteiger partial charge in [0, 0.05) is 37.1 Å². The van der Waals surface area contributed by atoms with Crippen molar-refractivity contribution in [3.05, 3.63) is 52.1 Å². The van der Waals surface area contributed by atoms with E-state index >= 15 is 0 Å². The molecule has 0 saturated carbocycles. The van der Waals surface area contributed by atoms with Crippen molar-refractivity contribution in [2.24, 2.45) is 0 Å². The van der Waals surface area contributed by atoms with E-state index in [-0.39, 0.29) is 11.6 Å². The first kappa shape index (κ1) is 17.0. The first-order chi connectivity index (χ1) is 12.1. The topological polar surface area (TPSA) is 76.5 Å². The lowest BCUT2D eigenvalue weighted by Crippen LogP contribution is -2.39. The Labute approximate surface area is 146 Å². The third-order valence-corrected chi connectivity index (χ3v) is 4.29. The molecule has 0 bridgehead atoms. The number of amides is 2. The molecule has 2 aromatic heterocycles. The van der Waals surface area contributed by atoms with Crippen LogP contribution < -0.4 is 15.6 Å². The number of methoxy groups -OCH3 is 1. The molecule has 0 spiro atoms. The van der Waals surface area contributed by atoms with Crippen molar-refractivity contribution >= 4 is 11.7 Å². The zero-order valence-corrected chi connectivity index (χ0v) is 14.5. The van der Waals surface area contributed by atoms with E-state index in [9.17, 15) is 9.59 Å². The molecule has 1 aliphatic heterocycles. The highest BCUT2D eigenvalue weighted by atomic mass is 16.5. The predicted molar refractivity (Wildman–Crippen MR) is 94.9 cm³/mol. The van der Waals surface area contributed by atoms with E-state index < -0.39 is 0 Å². The number of hydrogen-bond donors (Lipinski definition) is 1. The fourth-order valence-corrected chi connectivity index (χ4v) is 3.01. The zero-order valence-electron chi connectivity index (χ0n) is 14.5. The Hall–Kier alpha value is -2.83. The smallest absolute Gasteiger partial charge is 0.322 e. The van der Waals surface area contributed by atoms with Gasteiger partial charge in [0.1, 0.15) is 0 Å². The zero-order chi connectivity index (χ0) is 17.8. The van der Waals surface area contributed by atoms with Gasteiger partial charge in [-0.2, -0.15) is 0 Å². The number of nitrogens with zero attached hydrogens (tertiary/aromatic N) is 3. The second kappa shape index (κ2) is 7.38. The molecule has 0 fully saturated rings. The first-order valence-corrected chi connectivity index (χ1v) is 8.39. The average molecular weight is 342 g/mol. The third kappa shape index (κ3) is 3.65. The number of rotatable bonds is 4. The van der Waals surface area contributed by atoms with Crippen molar-refractivity contribution in [1.29, 1.82) is 0 Å². The maximum atomic E-state index is 12.6. The van der Waals surface area contributed by atoms with Crippen LogP contribution in [-0.2, 0) is 19.5 Å². The number of aromatic nitrogens is 2. The summed E-state index contributed by atoms with van der Waals surface area (Å²) in [4.78, 5) is 30.3. The van der Waals surface area contributed by atoms with E-state index in [2.05, 4.69) is 10.3 Å². The van der Waals surface area contributed by atoms with Crippen LogP contribution in [0.1, 0.15) is 24.5 Å². The summed E-state index contributed by atoms with van der Waals surface area (Å²) in [5, 5.41) is 2.87. The van der Waals surface area contributed by atoms with E-state index in [0.717, 1.165) is 24.0 Å². The molecule has 0 aliphatic carbocycles. The van der Waals surface area contributed by atoms with Gasteiger partial charge in [-0.25, -0.2) is 9.78 Å². The molecule has 0 aromatic carbocycles. The van der Waals surface area contributed by atoms with Crippen LogP contribution in [0.5, 0.6) is 5.88 Å². The van der Waals surface area contributed by atoms with Gasteiger partial charge in [-0.3, -0.25) is 4.79 Å². The number of aryl methyl sites for hydroxylation is 1. The summed E-state index contributed by atoms with van der Waals surface area (Å²) < 4.78 is 6.91. The molecule has 3 rings (SSSR count). The second-order valence-corrected chi connectivity index (χ2v) is 6.01. The van der Waals surface area contributed by atoms with Crippen molar-refractivity contribution in [1.82, 2.24) is 14.5 Å². The monoisotopic (exact) mass is 342 g/mol. The van der Waals surface area contributed by atoms with Crippen LogP contribution in [0.25, 0.3) is 0 Å². The van der Waals surface area contributed by atoms with Gasteiger partial charge >= 0.3 is 6.03 Å². The summed E-state index contributed by atoms with van der Waals surface area (Å²) in [5.74, 6) is 0.562. The van der Waals surface area contributed by atoms with E-state index in [1.54, 1.807) is 35.0 Å². The number of pyridine rings is 2. The highest BCUT2D eigenvalue weighted by Crippen LogP contribution is 2.26. The summed E-state index contributed by atoms with van der Waals surface area (Å²) in [5.41, 5.74) is 2.65. The fraction of sp³-hybridized carbons (Fsp3) is 0.389. The van der Waals surface area contributed by atoms with Crippen LogP contribution in [0.15, 0.2) is 35.4 Å². The van der Waals surface area contributed by atoms with Crippen LogP contribution in [0.4, 0.5) is 10.5 Å². The van der Waals surface area contributed by atoms with Gasteiger partial charge in [-0.15, -0.1) is 0 Å². The van der Waals surface area contributed by atoms with Crippen molar-refractivity contribution < 1.29 is 9.53 Å². The molecule has 0 unspecified atom stereocenters. The number of anilines is 1. The summed E-state index contributed by atoms with van der Waals surface area (Å²) in [6, 6.07) is 4.88. The van der Waals surface area contributed by atoms with Crippen LogP contribution in [0, 0.1) is 0 Å². The summed E-state index contributed by atoms with van der Waals surface area (Å²) in [6.07, 6.45) is 5.03. The van der Waals surface area contributed by atoms with Gasteiger partial charge in [0.15, 0.2) is 0 Å². The molecule has 0 atom stereocenters. The summed E-state index contributed by atoms with van der Waals surface area (Å²) >= 11 is 0. The van der Waals surface area contributed by atoms with Gasteiger partial charge < -0.3 is 19.5 Å². The van der Waals surface area contributed by atoms with Crippen molar-refractivity contribution in [2.45, 2.75) is 32.9 Å². The first-order valence-electron chi connectivity index (χ1n) is 8.39. The minimum atomic E-state index is -0.196. The van der Waals surface area contributed by atoms with Crippen LogP contribution in [0.3, 0.4) is 0 Å². The normalized spacial score (nSPS) is 13.3. The van der Waals surface area contributed by atoms with Gasteiger partial charge in [0.05, 0.1) is 19.3 Å². The van der Waals surface area contributed by atoms with E-state index in [1.165, 1.54) is 6.07 Å². The minimum absolute atomic E-state index is 0.0671. The number of nitrogens with one attached hydrogen (secondary N) is 1. The van der Waals surface area contributed by atoms with Crippen LogP contribution in [-0.4, -0.2) is 34.1 Å². The quantitative estimate of drug-likeness (QED) is 0.924. The Kier molecular flexibility index (Phi) is 5.02. The summed E-state index contributed by atoms with van der Waals surface area (Å²) in [6.45, 7) is 3.71. The lowest BCUT2D eigenvalue weighted by atomic mass is 10.0. The highest BCUT2D eigenvalue weighted by molar-refractivity contribution is 5.89. The second-order valence-electron chi connectivity index (χ2n) is 6.01. The lowest BCUT2D eigenvalue weighted by Gasteiger charge is -2.29. The Morgan fingerprint density at radius 2 is 2.20 bits per heavy atom. The molecule has 2 aromatic rings. The molecule has 2 amide bonds. The number of carbonyl (C=O) groups excluding carboxylic acids is 1. The van der Waals surface area contributed by atoms with Crippen molar-refractivity contribution in [2.75, 3.05) is 19.0 Å². The summed E-state index contributed by atoms with van der Waals surface area (Å²) in [7, 11) is 1.58. The number of ether oxygens (including phenoxy) is 1. The Bertz CT molecular complexity index is 817. The van der Waals surface area contributed by atoms with E-state index in [4.69, 9.17) is 4.74 Å². The van der Waals surface area contributed by atoms with Gasteiger partial charge in [0.25, 0.3) is 5.56 Å². The van der Waals surface area contributed by atoms with E-state index in [1.807, 2.05) is 13.0 Å². The largest absolute Gasteiger partial charge is 0.481 e. The number of carbonyl (C=O) groups is 1. The fourth-order valence-electron chi connectivity index (χ4n) is 3.01. The molecule has 25 heavy (non-hydrogen) atoms. The molecule has 1 N–H and O–H groups in total. The van der Waals surface area contributed by atoms with Gasteiger partial charge in [-0.1, -0.05) is 6.92 Å². The molecule has 7 heteroatoms. The number of urea groups is 1. The molecule has 132 valence electrons. The average Bonchev–Trinajstić information content (AvgIpc) is 2.63. The lowest BCUT2D eigenvalue weighted by molar-refractivity contribution is 0.205. The molecule has 1 aliphatic rings. The Morgan fingerprint density at radius 1 is 1.36 bits per heavy atom. The maximum absolute atomic E-state index is 12.6. The Balaban J connectivity index is 1.74. The molecule has 7 nitrogen and oxygen atoms in total.